The molecule has 2 aromatic heterocycles. The standard InChI is InChI=1S/C16H19ClN4/c1-3-21-16-15(12(2)19-21)18-14(11-17)20(16)10-9-13-7-5-4-6-8-13/h4-8H,3,9-11H2,1-2H3. The van der Waals surface area contributed by atoms with Gasteiger partial charge in [-0.15, -0.1) is 11.6 Å². The molecule has 110 valence electrons. The van der Waals surface area contributed by atoms with Crippen molar-refractivity contribution < 1.29 is 0 Å². The van der Waals surface area contributed by atoms with E-state index >= 15 is 0 Å². The highest BCUT2D eigenvalue weighted by Crippen LogP contribution is 2.21. The lowest BCUT2D eigenvalue weighted by molar-refractivity contribution is 0.616. The van der Waals surface area contributed by atoms with Gasteiger partial charge in [0.1, 0.15) is 11.3 Å². The van der Waals surface area contributed by atoms with Gasteiger partial charge in [-0.05, 0) is 25.8 Å². The SMILES string of the molecule is CCn1nc(C)c2nc(CCl)n(CCc3ccccc3)c21. The van der Waals surface area contributed by atoms with Gasteiger partial charge in [-0.3, -0.25) is 0 Å². The lowest BCUT2D eigenvalue weighted by Gasteiger charge is -2.09. The quantitative estimate of drug-likeness (QED) is 0.676. The molecule has 0 radical (unpaired) electrons. The van der Waals surface area contributed by atoms with Crippen molar-refractivity contribution in [2.24, 2.45) is 0 Å². The lowest BCUT2D eigenvalue weighted by Crippen LogP contribution is -2.09. The molecule has 5 heteroatoms. The van der Waals surface area contributed by atoms with E-state index in [-0.39, 0.29) is 0 Å². The number of fused-ring (bicyclic) bond motifs is 1. The van der Waals surface area contributed by atoms with Crippen LogP contribution in [0.2, 0.25) is 0 Å². The third kappa shape index (κ3) is 2.56. The Morgan fingerprint density at radius 3 is 2.62 bits per heavy atom. The summed E-state index contributed by atoms with van der Waals surface area (Å²) in [5, 5.41) is 4.55. The third-order valence-electron chi connectivity index (χ3n) is 3.76. The Balaban J connectivity index is 1.99. The molecule has 0 aliphatic heterocycles. The van der Waals surface area contributed by atoms with E-state index in [1.165, 1.54) is 5.56 Å². The fraction of sp³-hybridized carbons (Fsp3) is 0.375. The van der Waals surface area contributed by atoms with Crippen LogP contribution in [0.25, 0.3) is 11.2 Å². The minimum Gasteiger partial charge on any atom is -0.312 e. The lowest BCUT2D eigenvalue weighted by atomic mass is 10.1. The van der Waals surface area contributed by atoms with Crippen LogP contribution >= 0.6 is 11.6 Å². The van der Waals surface area contributed by atoms with Gasteiger partial charge >= 0.3 is 0 Å². The van der Waals surface area contributed by atoms with Crippen molar-refractivity contribution in [3.05, 3.63) is 47.4 Å². The minimum atomic E-state index is 0.423. The first-order valence-electron chi connectivity index (χ1n) is 7.27. The van der Waals surface area contributed by atoms with E-state index in [0.717, 1.165) is 42.2 Å². The summed E-state index contributed by atoms with van der Waals surface area (Å²) in [5.74, 6) is 1.34. The summed E-state index contributed by atoms with van der Waals surface area (Å²) in [6.45, 7) is 5.80. The van der Waals surface area contributed by atoms with Gasteiger partial charge in [0.05, 0.1) is 11.6 Å². The largest absolute Gasteiger partial charge is 0.312 e. The van der Waals surface area contributed by atoms with Crippen molar-refractivity contribution in [3.63, 3.8) is 0 Å². The van der Waals surface area contributed by atoms with Gasteiger partial charge in [-0.2, -0.15) is 5.10 Å². The molecule has 2 heterocycles. The summed E-state index contributed by atoms with van der Waals surface area (Å²) in [5.41, 5.74) is 4.35. The zero-order valence-electron chi connectivity index (χ0n) is 12.4. The number of rotatable bonds is 5. The fourth-order valence-electron chi connectivity index (χ4n) is 2.71. The van der Waals surface area contributed by atoms with Crippen LogP contribution in [0.5, 0.6) is 0 Å². The molecule has 3 aromatic rings. The van der Waals surface area contributed by atoms with Gasteiger partial charge in [0, 0.05) is 13.1 Å². The molecular formula is C16H19ClN4. The topological polar surface area (TPSA) is 35.6 Å². The first-order chi connectivity index (χ1) is 10.2. The van der Waals surface area contributed by atoms with Crippen molar-refractivity contribution in [2.45, 2.75) is 39.2 Å². The van der Waals surface area contributed by atoms with Crippen LogP contribution in [0.4, 0.5) is 0 Å². The zero-order chi connectivity index (χ0) is 14.8. The van der Waals surface area contributed by atoms with E-state index in [2.05, 4.69) is 45.8 Å². The molecule has 0 saturated carbocycles. The van der Waals surface area contributed by atoms with Crippen LogP contribution in [0.3, 0.4) is 0 Å². The first kappa shape index (κ1) is 14.1. The summed E-state index contributed by atoms with van der Waals surface area (Å²) < 4.78 is 4.22. The molecule has 0 N–H and O–H groups in total. The Morgan fingerprint density at radius 1 is 1.19 bits per heavy atom. The van der Waals surface area contributed by atoms with Gasteiger partial charge in [-0.25, -0.2) is 9.67 Å². The molecule has 0 unspecified atom stereocenters. The summed E-state index contributed by atoms with van der Waals surface area (Å²) >= 11 is 6.08. The van der Waals surface area contributed by atoms with E-state index in [9.17, 15) is 0 Å². The van der Waals surface area contributed by atoms with E-state index in [4.69, 9.17) is 11.6 Å². The molecule has 3 rings (SSSR count). The van der Waals surface area contributed by atoms with Gasteiger partial charge in [0.2, 0.25) is 0 Å². The van der Waals surface area contributed by atoms with Crippen LogP contribution in [-0.4, -0.2) is 19.3 Å². The normalized spacial score (nSPS) is 11.4. The highest BCUT2D eigenvalue weighted by molar-refractivity contribution is 6.16. The molecule has 0 bridgehead atoms. The van der Waals surface area contributed by atoms with Gasteiger partial charge in [-0.1, -0.05) is 30.3 Å². The Morgan fingerprint density at radius 2 is 1.95 bits per heavy atom. The third-order valence-corrected chi connectivity index (χ3v) is 4.00. The van der Waals surface area contributed by atoms with Gasteiger partial charge in [0.15, 0.2) is 5.65 Å². The summed E-state index contributed by atoms with van der Waals surface area (Å²) in [7, 11) is 0. The molecule has 0 atom stereocenters. The Bertz CT molecular complexity index is 743. The molecule has 0 fully saturated rings. The predicted octanol–water partition coefficient (Wildman–Crippen LogP) is 3.54. The van der Waals surface area contributed by atoms with Crippen molar-refractivity contribution in [2.75, 3.05) is 0 Å². The van der Waals surface area contributed by atoms with Crippen LogP contribution in [0.15, 0.2) is 30.3 Å². The van der Waals surface area contributed by atoms with Crippen LogP contribution < -0.4 is 0 Å². The summed E-state index contributed by atoms with van der Waals surface area (Å²) in [4.78, 5) is 4.66. The van der Waals surface area contributed by atoms with E-state index in [1.807, 2.05) is 17.7 Å². The fourth-order valence-corrected chi connectivity index (χ4v) is 2.92. The van der Waals surface area contributed by atoms with Gasteiger partial charge in [0.25, 0.3) is 0 Å². The maximum absolute atomic E-state index is 6.08. The van der Waals surface area contributed by atoms with E-state index in [0.29, 0.717) is 5.88 Å². The number of alkyl halides is 1. The molecule has 0 saturated heterocycles. The van der Waals surface area contributed by atoms with E-state index in [1.54, 1.807) is 0 Å². The predicted molar refractivity (Wildman–Crippen MR) is 85.6 cm³/mol. The van der Waals surface area contributed by atoms with Crippen LogP contribution in [-0.2, 0) is 25.4 Å². The molecule has 4 nitrogen and oxygen atoms in total. The van der Waals surface area contributed by atoms with Crippen LogP contribution in [0, 0.1) is 6.92 Å². The van der Waals surface area contributed by atoms with Crippen LogP contribution in [0.1, 0.15) is 24.0 Å². The Kier molecular flexibility index (Phi) is 3.97. The second-order valence-corrected chi connectivity index (χ2v) is 5.39. The Hall–Kier alpha value is -1.81. The van der Waals surface area contributed by atoms with Crippen molar-refractivity contribution in [1.82, 2.24) is 19.3 Å². The van der Waals surface area contributed by atoms with Crippen molar-refractivity contribution >= 4 is 22.8 Å². The number of hydrogen-bond donors (Lipinski definition) is 0. The smallest absolute Gasteiger partial charge is 0.158 e. The highest BCUT2D eigenvalue weighted by Gasteiger charge is 2.17. The van der Waals surface area contributed by atoms with E-state index < -0.39 is 0 Å². The average molecular weight is 303 g/mol. The molecule has 0 aliphatic rings. The zero-order valence-corrected chi connectivity index (χ0v) is 13.1. The number of hydrogen-bond acceptors (Lipinski definition) is 2. The number of aromatic nitrogens is 4. The first-order valence-corrected chi connectivity index (χ1v) is 7.80. The van der Waals surface area contributed by atoms with Crippen molar-refractivity contribution in [1.29, 1.82) is 0 Å². The summed E-state index contributed by atoms with van der Waals surface area (Å²) in [6, 6.07) is 10.5. The second-order valence-electron chi connectivity index (χ2n) is 5.12. The highest BCUT2D eigenvalue weighted by atomic mass is 35.5. The molecule has 0 aliphatic carbocycles. The monoisotopic (exact) mass is 302 g/mol. The number of halogens is 1. The number of nitrogens with zero attached hydrogens (tertiary/aromatic N) is 4. The average Bonchev–Trinajstić information content (AvgIpc) is 3.04. The Labute approximate surface area is 129 Å². The molecular weight excluding hydrogens is 284 g/mol. The number of imidazole rings is 1. The number of aryl methyl sites for hydroxylation is 4. The maximum Gasteiger partial charge on any atom is 0.158 e. The summed E-state index contributed by atoms with van der Waals surface area (Å²) in [6.07, 6.45) is 0.962. The molecule has 0 amide bonds. The maximum atomic E-state index is 6.08. The number of benzene rings is 1. The molecule has 1 aromatic carbocycles. The molecule has 0 spiro atoms. The van der Waals surface area contributed by atoms with Crippen molar-refractivity contribution in [3.8, 4) is 0 Å². The molecule has 21 heavy (non-hydrogen) atoms. The second kappa shape index (κ2) is 5.90. The minimum absolute atomic E-state index is 0.423. The van der Waals surface area contributed by atoms with Gasteiger partial charge < -0.3 is 4.57 Å².